The highest BCUT2D eigenvalue weighted by Gasteiger charge is 2.27. The van der Waals surface area contributed by atoms with Crippen LogP contribution in [-0.2, 0) is 9.53 Å². The van der Waals surface area contributed by atoms with Gasteiger partial charge in [0.05, 0.1) is 0 Å². The molecule has 1 rings (SSSR count). The molecule has 0 unspecified atom stereocenters. The second-order valence-corrected chi connectivity index (χ2v) is 7.47. The van der Waals surface area contributed by atoms with Crippen LogP contribution in [0.4, 0.5) is 4.79 Å². The van der Waals surface area contributed by atoms with E-state index >= 15 is 0 Å². The van der Waals surface area contributed by atoms with Crippen molar-refractivity contribution in [1.29, 1.82) is 0 Å². The Hall–Kier alpha value is -1.26. The fourth-order valence-corrected chi connectivity index (χ4v) is 2.72. The molecule has 1 aliphatic rings. The topological polar surface area (TPSA) is 58.6 Å². The van der Waals surface area contributed by atoms with Crippen LogP contribution in [0.2, 0.25) is 0 Å². The second kappa shape index (κ2) is 9.78. The number of rotatable bonds is 7. The van der Waals surface area contributed by atoms with E-state index < -0.39 is 5.60 Å². The van der Waals surface area contributed by atoms with Gasteiger partial charge in [-0.25, -0.2) is 4.79 Å². The quantitative estimate of drug-likeness (QED) is 0.723. The summed E-state index contributed by atoms with van der Waals surface area (Å²) in [6.07, 6.45) is 7.79. The highest BCUT2D eigenvalue weighted by molar-refractivity contribution is 5.76. The molecular weight excluding hydrogens is 292 g/mol. The van der Waals surface area contributed by atoms with Crippen LogP contribution in [0.5, 0.6) is 0 Å². The third-order valence-electron chi connectivity index (χ3n) is 4.02. The van der Waals surface area contributed by atoms with Crippen LogP contribution < -0.4 is 5.32 Å². The van der Waals surface area contributed by atoms with Gasteiger partial charge in [0.2, 0.25) is 5.91 Å². The van der Waals surface area contributed by atoms with Crippen molar-refractivity contribution in [1.82, 2.24) is 10.2 Å². The van der Waals surface area contributed by atoms with E-state index in [2.05, 4.69) is 12.2 Å². The van der Waals surface area contributed by atoms with E-state index in [0.29, 0.717) is 19.5 Å². The first-order valence-corrected chi connectivity index (χ1v) is 9.09. The lowest BCUT2D eigenvalue weighted by atomic mass is 10.0. The predicted molar refractivity (Wildman–Crippen MR) is 92.3 cm³/mol. The summed E-state index contributed by atoms with van der Waals surface area (Å²) in [5.41, 5.74) is -0.458. The summed E-state index contributed by atoms with van der Waals surface area (Å²) in [7, 11) is 0. The molecule has 1 aliphatic heterocycles. The molecule has 1 saturated heterocycles. The van der Waals surface area contributed by atoms with Gasteiger partial charge in [-0.2, -0.15) is 0 Å². The average Bonchev–Trinajstić information content (AvgIpc) is 2.46. The number of ether oxygens (including phenoxy) is 1. The minimum Gasteiger partial charge on any atom is -0.444 e. The molecule has 1 fully saturated rings. The highest BCUT2D eigenvalue weighted by Crippen LogP contribution is 2.15. The van der Waals surface area contributed by atoms with Gasteiger partial charge in [-0.1, -0.05) is 32.6 Å². The zero-order valence-corrected chi connectivity index (χ0v) is 15.3. The Morgan fingerprint density at radius 2 is 1.70 bits per heavy atom. The minimum atomic E-state index is -0.458. The Balaban J connectivity index is 2.18. The molecule has 0 aromatic heterocycles. The molecule has 0 radical (unpaired) electrons. The number of carbonyl (C=O) groups is 2. The predicted octanol–water partition coefficient (Wildman–Crippen LogP) is 3.86. The molecule has 1 N–H and O–H groups in total. The van der Waals surface area contributed by atoms with Gasteiger partial charge < -0.3 is 15.0 Å². The Bertz CT molecular complexity index is 369. The van der Waals surface area contributed by atoms with Crippen LogP contribution in [0.3, 0.4) is 0 Å². The smallest absolute Gasteiger partial charge is 0.410 e. The van der Waals surface area contributed by atoms with Gasteiger partial charge in [0.25, 0.3) is 0 Å². The summed E-state index contributed by atoms with van der Waals surface area (Å²) in [6, 6.07) is 0.192. The van der Waals surface area contributed by atoms with Crippen LogP contribution in [0.25, 0.3) is 0 Å². The van der Waals surface area contributed by atoms with Crippen LogP contribution in [0.1, 0.15) is 79.1 Å². The van der Waals surface area contributed by atoms with Crippen molar-refractivity contribution < 1.29 is 14.3 Å². The number of amides is 2. The maximum atomic E-state index is 12.0. The number of piperidine rings is 1. The van der Waals surface area contributed by atoms with Crippen LogP contribution in [0.15, 0.2) is 0 Å². The van der Waals surface area contributed by atoms with E-state index in [0.717, 1.165) is 25.7 Å². The summed E-state index contributed by atoms with van der Waals surface area (Å²) >= 11 is 0. The first-order chi connectivity index (χ1) is 10.8. The Morgan fingerprint density at radius 3 is 2.26 bits per heavy atom. The van der Waals surface area contributed by atoms with E-state index in [1.165, 1.54) is 19.3 Å². The Labute approximate surface area is 141 Å². The van der Waals surface area contributed by atoms with Crippen molar-refractivity contribution in [3.63, 3.8) is 0 Å². The maximum Gasteiger partial charge on any atom is 0.410 e. The average molecular weight is 326 g/mol. The number of carbonyl (C=O) groups excluding carboxylic acids is 2. The van der Waals surface area contributed by atoms with Gasteiger partial charge >= 0.3 is 6.09 Å². The molecule has 0 spiro atoms. The molecule has 2 amide bonds. The number of hydrogen-bond acceptors (Lipinski definition) is 3. The standard InChI is InChI=1S/C18H34N2O3/c1-5-6-7-8-9-10-16(21)19-15-11-13-20(14-12-15)17(22)23-18(2,3)4/h15H,5-14H2,1-4H3,(H,19,21). The van der Waals surface area contributed by atoms with Crippen molar-refractivity contribution in [2.24, 2.45) is 0 Å². The van der Waals surface area contributed by atoms with Crippen molar-refractivity contribution in [2.45, 2.75) is 90.7 Å². The van der Waals surface area contributed by atoms with Crippen molar-refractivity contribution in [3.8, 4) is 0 Å². The number of hydrogen-bond donors (Lipinski definition) is 1. The first kappa shape index (κ1) is 19.8. The van der Waals surface area contributed by atoms with Gasteiger partial charge in [0.1, 0.15) is 5.60 Å². The molecule has 0 aromatic carbocycles. The van der Waals surface area contributed by atoms with Gasteiger partial charge in [-0.05, 0) is 40.0 Å². The van der Waals surface area contributed by atoms with Crippen molar-refractivity contribution >= 4 is 12.0 Å². The van der Waals surface area contributed by atoms with Crippen LogP contribution in [0, 0.1) is 0 Å². The SMILES string of the molecule is CCCCCCCC(=O)NC1CCN(C(=O)OC(C)(C)C)CC1. The van der Waals surface area contributed by atoms with Crippen molar-refractivity contribution in [2.75, 3.05) is 13.1 Å². The molecule has 0 saturated carbocycles. The molecule has 5 nitrogen and oxygen atoms in total. The molecule has 5 heteroatoms. The lowest BCUT2D eigenvalue weighted by Crippen LogP contribution is -2.47. The van der Waals surface area contributed by atoms with E-state index in [-0.39, 0.29) is 18.0 Å². The Morgan fingerprint density at radius 1 is 1.09 bits per heavy atom. The van der Waals surface area contributed by atoms with Gasteiger partial charge in [0, 0.05) is 25.6 Å². The van der Waals surface area contributed by atoms with Gasteiger partial charge in [-0.3, -0.25) is 4.79 Å². The maximum absolute atomic E-state index is 12.0. The monoisotopic (exact) mass is 326 g/mol. The molecule has 0 atom stereocenters. The second-order valence-electron chi connectivity index (χ2n) is 7.47. The summed E-state index contributed by atoms with van der Waals surface area (Å²) in [5, 5.41) is 3.10. The molecule has 1 heterocycles. The van der Waals surface area contributed by atoms with E-state index in [1.807, 2.05) is 20.8 Å². The molecule has 0 aromatic rings. The lowest BCUT2D eigenvalue weighted by Gasteiger charge is -2.33. The van der Waals surface area contributed by atoms with Crippen LogP contribution in [-0.4, -0.2) is 41.6 Å². The summed E-state index contributed by atoms with van der Waals surface area (Å²) in [5.74, 6) is 0.150. The summed E-state index contributed by atoms with van der Waals surface area (Å²) in [6.45, 7) is 9.11. The number of nitrogens with zero attached hydrogens (tertiary/aromatic N) is 1. The van der Waals surface area contributed by atoms with E-state index in [1.54, 1.807) is 4.90 Å². The summed E-state index contributed by atoms with van der Waals surface area (Å²) in [4.78, 5) is 25.7. The minimum absolute atomic E-state index is 0.150. The third kappa shape index (κ3) is 8.82. The van der Waals surface area contributed by atoms with Gasteiger partial charge in [-0.15, -0.1) is 0 Å². The molecule has 0 aliphatic carbocycles. The summed E-state index contributed by atoms with van der Waals surface area (Å²) < 4.78 is 5.38. The number of likely N-dealkylation sites (tertiary alicyclic amines) is 1. The molecular formula is C18H34N2O3. The van der Waals surface area contributed by atoms with Crippen LogP contribution >= 0.6 is 0 Å². The molecule has 23 heavy (non-hydrogen) atoms. The fraction of sp³-hybridized carbons (Fsp3) is 0.889. The van der Waals surface area contributed by atoms with Crippen molar-refractivity contribution in [3.05, 3.63) is 0 Å². The number of nitrogens with one attached hydrogen (secondary N) is 1. The zero-order valence-electron chi connectivity index (χ0n) is 15.3. The number of unbranched alkanes of at least 4 members (excludes halogenated alkanes) is 4. The largest absolute Gasteiger partial charge is 0.444 e. The van der Waals surface area contributed by atoms with E-state index in [4.69, 9.17) is 4.74 Å². The third-order valence-corrected chi connectivity index (χ3v) is 4.02. The van der Waals surface area contributed by atoms with E-state index in [9.17, 15) is 9.59 Å². The Kier molecular flexibility index (Phi) is 8.42. The van der Waals surface area contributed by atoms with Gasteiger partial charge in [0.15, 0.2) is 0 Å². The lowest BCUT2D eigenvalue weighted by molar-refractivity contribution is -0.122. The fourth-order valence-electron chi connectivity index (χ4n) is 2.72. The normalized spacial score (nSPS) is 16.3. The molecule has 134 valence electrons. The zero-order chi connectivity index (χ0) is 17.3. The first-order valence-electron chi connectivity index (χ1n) is 9.09. The molecule has 0 bridgehead atoms. The highest BCUT2D eigenvalue weighted by atomic mass is 16.6.